The fourth-order valence-corrected chi connectivity index (χ4v) is 3.37. The Hall–Kier alpha value is -2.53. The van der Waals surface area contributed by atoms with Gasteiger partial charge in [0.15, 0.2) is 0 Å². The number of nitrogens with zero attached hydrogens (tertiary/aromatic N) is 1. The van der Waals surface area contributed by atoms with Crippen LogP contribution < -0.4 is 10.1 Å². The summed E-state index contributed by atoms with van der Waals surface area (Å²) in [5.41, 5.74) is 0.159. The van der Waals surface area contributed by atoms with E-state index in [1.807, 2.05) is 32.9 Å². The number of para-hydroxylation sites is 1. The van der Waals surface area contributed by atoms with Crippen LogP contribution in [0.25, 0.3) is 0 Å². The maximum Gasteiger partial charge on any atom is 0.247 e. The Kier molecular flexibility index (Phi) is 5.94. The first-order valence-electron chi connectivity index (χ1n) is 9.40. The summed E-state index contributed by atoms with van der Waals surface area (Å²) in [6.45, 7) is 6.25. The highest BCUT2D eigenvalue weighted by Crippen LogP contribution is 2.30. The molecule has 1 fully saturated rings. The molecule has 1 atom stereocenters. The molecule has 1 N–H and O–H groups in total. The SMILES string of the molecule is CC(C)(C)C(=O)N1CCCC1C(=O)Nc1ccc(Oc2ccccc2Cl)cc1. The van der Waals surface area contributed by atoms with E-state index in [1.54, 1.807) is 41.3 Å². The smallest absolute Gasteiger partial charge is 0.247 e. The molecule has 0 aliphatic carbocycles. The van der Waals surface area contributed by atoms with Gasteiger partial charge in [0, 0.05) is 17.6 Å². The predicted molar refractivity (Wildman–Crippen MR) is 111 cm³/mol. The molecule has 0 bridgehead atoms. The zero-order valence-electron chi connectivity index (χ0n) is 16.4. The molecule has 0 aromatic heterocycles. The van der Waals surface area contributed by atoms with E-state index in [0.29, 0.717) is 35.2 Å². The van der Waals surface area contributed by atoms with Crippen LogP contribution in [-0.2, 0) is 9.59 Å². The highest BCUT2D eigenvalue weighted by atomic mass is 35.5. The lowest BCUT2D eigenvalue weighted by Crippen LogP contribution is -2.47. The molecule has 28 heavy (non-hydrogen) atoms. The maximum absolute atomic E-state index is 12.7. The summed E-state index contributed by atoms with van der Waals surface area (Å²) in [4.78, 5) is 27.0. The van der Waals surface area contributed by atoms with Crippen LogP contribution in [0.4, 0.5) is 5.69 Å². The third-order valence-electron chi connectivity index (χ3n) is 4.64. The highest BCUT2D eigenvalue weighted by Gasteiger charge is 2.38. The number of hydrogen-bond acceptors (Lipinski definition) is 3. The molecule has 2 aromatic rings. The summed E-state index contributed by atoms with van der Waals surface area (Å²) >= 11 is 6.10. The Balaban J connectivity index is 1.64. The predicted octanol–water partition coefficient (Wildman–Crippen LogP) is 5.11. The van der Waals surface area contributed by atoms with Gasteiger partial charge >= 0.3 is 0 Å². The largest absolute Gasteiger partial charge is 0.456 e. The molecule has 0 radical (unpaired) electrons. The summed E-state index contributed by atoms with van der Waals surface area (Å²) in [6.07, 6.45) is 1.52. The van der Waals surface area contributed by atoms with Crippen LogP contribution in [0.5, 0.6) is 11.5 Å². The maximum atomic E-state index is 12.7. The van der Waals surface area contributed by atoms with Crippen molar-refractivity contribution in [1.82, 2.24) is 4.90 Å². The molecule has 0 saturated carbocycles. The van der Waals surface area contributed by atoms with E-state index in [2.05, 4.69) is 5.32 Å². The second-order valence-electron chi connectivity index (χ2n) is 7.95. The van der Waals surface area contributed by atoms with Gasteiger partial charge in [-0.15, -0.1) is 0 Å². The monoisotopic (exact) mass is 400 g/mol. The second kappa shape index (κ2) is 8.23. The summed E-state index contributed by atoms with van der Waals surface area (Å²) in [5, 5.41) is 3.44. The van der Waals surface area contributed by atoms with Crippen molar-refractivity contribution in [3.8, 4) is 11.5 Å². The molecule has 0 spiro atoms. The lowest BCUT2D eigenvalue weighted by atomic mass is 9.94. The standard InChI is InChI=1S/C22H25ClN2O3/c1-22(2,3)21(27)25-14-6-8-18(25)20(26)24-15-10-12-16(13-11-15)28-19-9-5-4-7-17(19)23/h4-5,7,9-13,18H,6,8,14H2,1-3H3,(H,24,26). The number of nitrogens with one attached hydrogen (secondary N) is 1. The number of rotatable bonds is 4. The average molecular weight is 401 g/mol. The molecule has 1 aliphatic heterocycles. The normalized spacial score (nSPS) is 16.7. The van der Waals surface area contributed by atoms with E-state index in [-0.39, 0.29) is 11.8 Å². The number of amides is 2. The second-order valence-corrected chi connectivity index (χ2v) is 8.36. The minimum absolute atomic E-state index is 0.00800. The molecular weight excluding hydrogens is 376 g/mol. The van der Waals surface area contributed by atoms with Crippen molar-refractivity contribution < 1.29 is 14.3 Å². The molecule has 1 heterocycles. The third-order valence-corrected chi connectivity index (χ3v) is 4.96. The van der Waals surface area contributed by atoms with Gasteiger partial charge < -0.3 is 15.0 Å². The minimum atomic E-state index is -0.499. The van der Waals surface area contributed by atoms with Gasteiger partial charge in [-0.25, -0.2) is 0 Å². The van der Waals surface area contributed by atoms with Gasteiger partial charge in [-0.2, -0.15) is 0 Å². The number of benzene rings is 2. The Bertz CT molecular complexity index is 859. The van der Waals surface area contributed by atoms with Crippen molar-refractivity contribution in [2.45, 2.75) is 39.7 Å². The van der Waals surface area contributed by atoms with Crippen LogP contribution in [0.3, 0.4) is 0 Å². The summed E-state index contributed by atoms with van der Waals surface area (Å²) in [7, 11) is 0. The van der Waals surface area contributed by atoms with Gasteiger partial charge in [0.2, 0.25) is 11.8 Å². The molecule has 2 amide bonds. The zero-order valence-corrected chi connectivity index (χ0v) is 17.1. The molecule has 5 nitrogen and oxygen atoms in total. The lowest BCUT2D eigenvalue weighted by molar-refractivity contribution is -0.143. The van der Waals surface area contributed by atoms with E-state index in [0.717, 1.165) is 6.42 Å². The van der Waals surface area contributed by atoms with Crippen molar-refractivity contribution >= 4 is 29.1 Å². The Morgan fingerprint density at radius 2 is 1.79 bits per heavy atom. The number of likely N-dealkylation sites (tertiary alicyclic amines) is 1. The van der Waals surface area contributed by atoms with E-state index in [4.69, 9.17) is 16.3 Å². The number of ether oxygens (including phenoxy) is 1. The first kappa shape index (κ1) is 20.2. The van der Waals surface area contributed by atoms with Gasteiger partial charge in [0.05, 0.1) is 5.02 Å². The fraction of sp³-hybridized carbons (Fsp3) is 0.364. The lowest BCUT2D eigenvalue weighted by Gasteiger charge is -2.30. The van der Waals surface area contributed by atoms with Crippen molar-refractivity contribution in [1.29, 1.82) is 0 Å². The average Bonchev–Trinajstić information content (AvgIpc) is 3.13. The van der Waals surface area contributed by atoms with Crippen LogP contribution in [0, 0.1) is 5.41 Å². The van der Waals surface area contributed by atoms with Crippen LogP contribution in [0.1, 0.15) is 33.6 Å². The number of carbonyl (C=O) groups is 2. The minimum Gasteiger partial charge on any atom is -0.456 e. The van der Waals surface area contributed by atoms with Gasteiger partial charge in [0.1, 0.15) is 17.5 Å². The number of hydrogen-bond donors (Lipinski definition) is 1. The van der Waals surface area contributed by atoms with Gasteiger partial charge in [0.25, 0.3) is 0 Å². The fourth-order valence-electron chi connectivity index (χ4n) is 3.20. The van der Waals surface area contributed by atoms with Gasteiger partial charge in [-0.1, -0.05) is 44.5 Å². The third kappa shape index (κ3) is 4.65. The Morgan fingerprint density at radius 1 is 1.11 bits per heavy atom. The quantitative estimate of drug-likeness (QED) is 0.775. The Labute approximate surface area is 170 Å². The molecule has 2 aromatic carbocycles. The van der Waals surface area contributed by atoms with Crippen molar-refractivity contribution in [2.24, 2.45) is 5.41 Å². The summed E-state index contributed by atoms with van der Waals surface area (Å²) in [5.74, 6) is 1.04. The molecule has 1 saturated heterocycles. The molecular formula is C22H25ClN2O3. The topological polar surface area (TPSA) is 58.6 Å². The van der Waals surface area contributed by atoms with E-state index in [9.17, 15) is 9.59 Å². The Morgan fingerprint density at radius 3 is 2.43 bits per heavy atom. The van der Waals surface area contributed by atoms with Gasteiger partial charge in [-0.3, -0.25) is 9.59 Å². The van der Waals surface area contributed by atoms with E-state index < -0.39 is 11.5 Å². The van der Waals surface area contributed by atoms with Crippen LogP contribution >= 0.6 is 11.6 Å². The van der Waals surface area contributed by atoms with E-state index >= 15 is 0 Å². The first-order valence-corrected chi connectivity index (χ1v) is 9.78. The molecule has 1 unspecified atom stereocenters. The van der Waals surface area contributed by atoms with E-state index in [1.165, 1.54) is 0 Å². The van der Waals surface area contributed by atoms with Crippen LogP contribution in [0.2, 0.25) is 5.02 Å². The molecule has 3 rings (SSSR count). The number of anilines is 1. The van der Waals surface area contributed by atoms with Crippen LogP contribution in [-0.4, -0.2) is 29.3 Å². The summed E-state index contributed by atoms with van der Waals surface area (Å²) < 4.78 is 5.76. The highest BCUT2D eigenvalue weighted by molar-refractivity contribution is 6.32. The summed E-state index contributed by atoms with van der Waals surface area (Å²) in [6, 6.07) is 13.9. The number of halogens is 1. The van der Waals surface area contributed by atoms with Gasteiger partial charge in [-0.05, 0) is 49.2 Å². The zero-order chi connectivity index (χ0) is 20.3. The first-order chi connectivity index (χ1) is 13.3. The van der Waals surface area contributed by atoms with Crippen molar-refractivity contribution in [2.75, 3.05) is 11.9 Å². The molecule has 148 valence electrons. The molecule has 6 heteroatoms. The van der Waals surface area contributed by atoms with Crippen molar-refractivity contribution in [3.05, 3.63) is 53.6 Å². The van der Waals surface area contributed by atoms with Crippen molar-refractivity contribution in [3.63, 3.8) is 0 Å². The number of carbonyl (C=O) groups excluding carboxylic acids is 2. The van der Waals surface area contributed by atoms with Crippen LogP contribution in [0.15, 0.2) is 48.5 Å². The molecule has 1 aliphatic rings.